The summed E-state index contributed by atoms with van der Waals surface area (Å²) < 4.78 is 30.8. The SMILES string of the molecule is O=C(NC1CCC(F)(F)C1)OCc1ccccc1. The zero-order valence-corrected chi connectivity index (χ0v) is 9.86. The lowest BCUT2D eigenvalue weighted by atomic mass is 10.2. The van der Waals surface area contributed by atoms with E-state index in [1.54, 1.807) is 0 Å². The molecule has 1 amide bonds. The Morgan fingerprint density at radius 3 is 2.72 bits per heavy atom. The van der Waals surface area contributed by atoms with E-state index in [-0.39, 0.29) is 19.4 Å². The molecule has 0 saturated heterocycles. The fraction of sp³-hybridized carbons (Fsp3) is 0.462. The Labute approximate surface area is 104 Å². The van der Waals surface area contributed by atoms with Gasteiger partial charge in [-0.2, -0.15) is 0 Å². The molecular weight excluding hydrogens is 240 g/mol. The molecule has 0 aliphatic heterocycles. The quantitative estimate of drug-likeness (QED) is 0.901. The van der Waals surface area contributed by atoms with Gasteiger partial charge in [-0.3, -0.25) is 0 Å². The second-order valence-corrected chi connectivity index (χ2v) is 4.50. The lowest BCUT2D eigenvalue weighted by Gasteiger charge is -2.13. The number of rotatable bonds is 3. The zero-order chi connectivity index (χ0) is 13.0. The number of ether oxygens (including phenoxy) is 1. The molecule has 1 saturated carbocycles. The molecule has 0 aromatic heterocycles. The van der Waals surface area contributed by atoms with Crippen LogP contribution in [-0.2, 0) is 11.3 Å². The van der Waals surface area contributed by atoms with Crippen molar-refractivity contribution in [3.05, 3.63) is 35.9 Å². The van der Waals surface area contributed by atoms with E-state index < -0.39 is 18.1 Å². The van der Waals surface area contributed by atoms with Crippen LogP contribution in [0.1, 0.15) is 24.8 Å². The molecule has 5 heteroatoms. The first-order valence-electron chi connectivity index (χ1n) is 5.90. The Balaban J connectivity index is 1.73. The number of halogens is 2. The maximum absolute atomic E-state index is 12.9. The first-order valence-corrected chi connectivity index (χ1v) is 5.90. The van der Waals surface area contributed by atoms with Crippen LogP contribution in [0.4, 0.5) is 13.6 Å². The van der Waals surface area contributed by atoms with Crippen LogP contribution in [0.15, 0.2) is 30.3 Å². The molecule has 0 heterocycles. The van der Waals surface area contributed by atoms with E-state index in [1.807, 2.05) is 30.3 Å². The highest BCUT2D eigenvalue weighted by molar-refractivity contribution is 5.67. The predicted octanol–water partition coefficient (Wildman–Crippen LogP) is 3.10. The molecule has 3 nitrogen and oxygen atoms in total. The fourth-order valence-corrected chi connectivity index (χ4v) is 2.00. The van der Waals surface area contributed by atoms with Crippen molar-refractivity contribution in [2.24, 2.45) is 0 Å². The van der Waals surface area contributed by atoms with Gasteiger partial charge in [-0.25, -0.2) is 13.6 Å². The molecule has 1 unspecified atom stereocenters. The monoisotopic (exact) mass is 255 g/mol. The molecule has 2 rings (SSSR count). The second kappa shape index (κ2) is 5.33. The van der Waals surface area contributed by atoms with Gasteiger partial charge in [0.25, 0.3) is 0 Å². The molecule has 0 radical (unpaired) electrons. The van der Waals surface area contributed by atoms with E-state index in [4.69, 9.17) is 4.74 Å². The summed E-state index contributed by atoms with van der Waals surface area (Å²) in [5, 5.41) is 2.46. The molecule has 1 aromatic rings. The lowest BCUT2D eigenvalue weighted by molar-refractivity contribution is 0.00693. The van der Waals surface area contributed by atoms with Crippen molar-refractivity contribution in [3.63, 3.8) is 0 Å². The highest BCUT2D eigenvalue weighted by Crippen LogP contribution is 2.34. The van der Waals surface area contributed by atoms with Crippen molar-refractivity contribution in [1.82, 2.24) is 5.32 Å². The standard InChI is InChI=1S/C13H15F2NO2/c14-13(15)7-6-11(8-13)16-12(17)18-9-10-4-2-1-3-5-10/h1-5,11H,6-9H2,(H,16,17). The van der Waals surface area contributed by atoms with Gasteiger partial charge in [0.05, 0.1) is 0 Å². The molecule has 1 aromatic carbocycles. The summed E-state index contributed by atoms with van der Waals surface area (Å²) in [4.78, 5) is 11.4. The molecule has 0 spiro atoms. The summed E-state index contributed by atoms with van der Waals surface area (Å²) >= 11 is 0. The van der Waals surface area contributed by atoms with Crippen molar-refractivity contribution < 1.29 is 18.3 Å². The van der Waals surface area contributed by atoms with Crippen LogP contribution in [0.25, 0.3) is 0 Å². The Morgan fingerprint density at radius 2 is 2.11 bits per heavy atom. The molecular formula is C13H15F2NO2. The van der Waals surface area contributed by atoms with E-state index in [1.165, 1.54) is 0 Å². The Hall–Kier alpha value is -1.65. The minimum absolute atomic E-state index is 0.149. The van der Waals surface area contributed by atoms with E-state index >= 15 is 0 Å². The van der Waals surface area contributed by atoms with Crippen LogP contribution in [0.3, 0.4) is 0 Å². The average Bonchev–Trinajstić information content (AvgIpc) is 2.67. The van der Waals surface area contributed by atoms with Gasteiger partial charge in [0.2, 0.25) is 5.92 Å². The number of benzene rings is 1. The topological polar surface area (TPSA) is 38.3 Å². The highest BCUT2D eigenvalue weighted by atomic mass is 19.3. The molecule has 98 valence electrons. The summed E-state index contributed by atoms with van der Waals surface area (Å²) in [5.74, 6) is -2.66. The minimum Gasteiger partial charge on any atom is -0.445 e. The van der Waals surface area contributed by atoms with Crippen LogP contribution in [0, 0.1) is 0 Å². The number of hydrogen-bond acceptors (Lipinski definition) is 2. The smallest absolute Gasteiger partial charge is 0.407 e. The van der Waals surface area contributed by atoms with Crippen LogP contribution in [0.2, 0.25) is 0 Å². The summed E-state index contributed by atoms with van der Waals surface area (Å²) in [6.07, 6.45) is -0.807. The van der Waals surface area contributed by atoms with Gasteiger partial charge in [-0.15, -0.1) is 0 Å². The van der Waals surface area contributed by atoms with Gasteiger partial charge >= 0.3 is 6.09 Å². The number of nitrogens with one attached hydrogen (secondary N) is 1. The van der Waals surface area contributed by atoms with Crippen molar-refractivity contribution in [2.75, 3.05) is 0 Å². The van der Waals surface area contributed by atoms with Gasteiger partial charge < -0.3 is 10.1 Å². The number of carbonyl (C=O) groups is 1. The Kier molecular flexibility index (Phi) is 3.79. The average molecular weight is 255 g/mol. The van der Waals surface area contributed by atoms with Gasteiger partial charge in [-0.05, 0) is 12.0 Å². The molecule has 1 aliphatic carbocycles. The number of amides is 1. The largest absolute Gasteiger partial charge is 0.445 e. The zero-order valence-electron chi connectivity index (χ0n) is 9.86. The van der Waals surface area contributed by atoms with E-state index in [2.05, 4.69) is 5.32 Å². The second-order valence-electron chi connectivity index (χ2n) is 4.50. The van der Waals surface area contributed by atoms with Gasteiger partial charge in [0.15, 0.2) is 0 Å². The van der Waals surface area contributed by atoms with Gasteiger partial charge in [0, 0.05) is 18.9 Å². The van der Waals surface area contributed by atoms with Crippen LogP contribution in [0.5, 0.6) is 0 Å². The summed E-state index contributed by atoms with van der Waals surface area (Å²) in [7, 11) is 0. The Bertz CT molecular complexity index is 409. The summed E-state index contributed by atoms with van der Waals surface area (Å²) in [5.41, 5.74) is 0.865. The third-order valence-corrected chi connectivity index (χ3v) is 2.94. The molecule has 1 aliphatic rings. The lowest BCUT2D eigenvalue weighted by Crippen LogP contribution is -2.34. The fourth-order valence-electron chi connectivity index (χ4n) is 2.00. The van der Waals surface area contributed by atoms with Crippen molar-refractivity contribution in [2.45, 2.75) is 37.8 Å². The Morgan fingerprint density at radius 1 is 1.39 bits per heavy atom. The maximum atomic E-state index is 12.9. The van der Waals surface area contributed by atoms with E-state index in [0.717, 1.165) is 5.56 Å². The van der Waals surface area contributed by atoms with Crippen LogP contribution in [-0.4, -0.2) is 18.1 Å². The number of alkyl halides is 2. The molecule has 1 atom stereocenters. The third kappa shape index (κ3) is 3.68. The molecule has 1 fully saturated rings. The van der Waals surface area contributed by atoms with E-state index in [0.29, 0.717) is 6.42 Å². The van der Waals surface area contributed by atoms with Crippen molar-refractivity contribution in [3.8, 4) is 0 Å². The normalized spacial score (nSPS) is 21.6. The van der Waals surface area contributed by atoms with Gasteiger partial charge in [-0.1, -0.05) is 30.3 Å². The number of carbonyl (C=O) groups excluding carboxylic acids is 1. The number of hydrogen-bond donors (Lipinski definition) is 1. The predicted molar refractivity (Wildman–Crippen MR) is 62.3 cm³/mol. The van der Waals surface area contributed by atoms with Crippen LogP contribution < -0.4 is 5.32 Å². The van der Waals surface area contributed by atoms with Crippen molar-refractivity contribution >= 4 is 6.09 Å². The summed E-state index contributed by atoms with van der Waals surface area (Å²) in [6, 6.07) is 8.73. The molecule has 0 bridgehead atoms. The third-order valence-electron chi connectivity index (χ3n) is 2.94. The minimum atomic E-state index is -2.66. The molecule has 18 heavy (non-hydrogen) atoms. The van der Waals surface area contributed by atoms with Gasteiger partial charge in [0.1, 0.15) is 6.61 Å². The molecule has 1 N–H and O–H groups in total. The highest BCUT2D eigenvalue weighted by Gasteiger charge is 2.40. The van der Waals surface area contributed by atoms with E-state index in [9.17, 15) is 13.6 Å². The number of alkyl carbamates (subject to hydrolysis) is 1. The maximum Gasteiger partial charge on any atom is 0.407 e. The van der Waals surface area contributed by atoms with Crippen molar-refractivity contribution in [1.29, 1.82) is 0 Å². The first-order chi connectivity index (χ1) is 8.55. The summed E-state index contributed by atoms with van der Waals surface area (Å²) in [6.45, 7) is 0.149. The first kappa shape index (κ1) is 12.8. The van der Waals surface area contributed by atoms with Crippen LogP contribution >= 0.6 is 0 Å².